The molecule has 788 valence electrons. The number of rotatable bonds is 40. The van der Waals surface area contributed by atoms with Gasteiger partial charge in [-0.1, -0.05) is 159 Å². The standard InChI is InChI=1S/C40H55N9O9.C30H28N6O7S4.C16H37N5O2.C13H11NO4/c1-3-25-57-26-24-47-36(52)31-12-7-17-41-18-8-20-43-34(50)29-13-15-32(48(2)39(29)55)37(53)45-22-23-46-38(54)33-16-14-30(35(51)44-21-9-19-42-31)40(56)49(33)58-27-28-10-5-4-6-11-28;1-33-21(9-7-19(25(33)39)26(40)34-13-15-46-29(34)44)23(37)31-11-12-32-24(38)22-10-8-20(27(41)35-14-16-47-30(35)45)28(42)36(22)43-17-18-5-3-2-4-6-18;1-2-13-23-14-12-21-16(22)15(20-11-5-8-18)6-3-9-19-10-4-7-17;15-12-8-4-7-11(13(16)17)14(12)18-9-10-5-2-1-3-6-10/h4-6,10-11,13-16,31,41-42H,3,7-9,12,17-27H2,1-2H3,(H,43,50)(H,44,51)(H,45,53)(H,46,54)(H,47,52);2-10H,11-17H2,1H3,(H,31,37)(H,32,38);15,19-20H,2-14,17-18H2,1H3,(H,21,22);1-8H,9H2,(H,16,17). The maximum Gasteiger partial charge on any atom is 0.356 e. The Kier molecular flexibility index (Phi) is 52.5. The number of hydrogen-bond acceptors (Lipinski definition) is 31. The van der Waals surface area contributed by atoms with Crippen molar-refractivity contribution in [2.45, 2.75) is 110 Å². The highest BCUT2D eigenvalue weighted by Gasteiger charge is 2.32. The Morgan fingerprint density at radius 1 is 0.452 bits per heavy atom. The van der Waals surface area contributed by atoms with E-state index in [4.69, 9.17) is 65.0 Å². The fourth-order valence-electron chi connectivity index (χ4n) is 14.2. The van der Waals surface area contributed by atoms with Crippen molar-refractivity contribution in [1.29, 1.82) is 0 Å². The Hall–Kier alpha value is -13.5. The lowest BCUT2D eigenvalue weighted by Crippen LogP contribution is -2.46. The molecule has 3 aromatic carbocycles. The van der Waals surface area contributed by atoms with E-state index in [0.717, 1.165) is 99.2 Å². The van der Waals surface area contributed by atoms with Crippen LogP contribution in [0.2, 0.25) is 0 Å². The lowest BCUT2D eigenvalue weighted by molar-refractivity contribution is -0.124. The molecule has 0 spiro atoms. The van der Waals surface area contributed by atoms with Crippen molar-refractivity contribution in [2.24, 2.45) is 25.6 Å². The fourth-order valence-corrected chi connectivity index (χ4v) is 16.6. The van der Waals surface area contributed by atoms with Crippen molar-refractivity contribution in [3.05, 3.63) is 277 Å². The lowest BCUT2D eigenvalue weighted by atomic mass is 10.1. The van der Waals surface area contributed by atoms with Crippen LogP contribution in [0.15, 0.2) is 182 Å². The second-order valence-electron chi connectivity index (χ2n) is 32.9. The topological polar surface area (TPSA) is 567 Å². The molecule has 10 amide bonds. The molecule has 146 heavy (non-hydrogen) atoms. The second kappa shape index (κ2) is 65.1. The predicted molar refractivity (Wildman–Crippen MR) is 561 cm³/mol. The van der Waals surface area contributed by atoms with Crippen LogP contribution >= 0.6 is 48.0 Å². The SMILES string of the molecule is CCCOCCNC(=O)C(CCCNCCCN)NCCCN.CCCOCCNC(=O)C1CCCNCCCNC(=O)c2ccc(n(C)c2=O)C(=O)NCCNC(=O)c2ccc(c(=O)n2OCc2ccccc2)C(=O)NCCCN1.Cn1c(C(=O)NCCNC(=O)c2ccc(C(=O)N3CCSC3=S)c(=O)n2OCc2ccccc2)ccc(C(=O)N2CCSC2=S)c1=O.O=C(O)c1cccc(=O)n1OCc1ccccc1. The number of carbonyl (C=O) groups excluding carboxylic acids is 10. The molecular formula is C99H131N21O22S4. The molecule has 2 saturated heterocycles. The van der Waals surface area contributed by atoms with Crippen LogP contribution in [-0.4, -0.2) is 280 Å². The number of carboxylic acid groups (broad SMARTS) is 1. The van der Waals surface area contributed by atoms with E-state index >= 15 is 0 Å². The van der Waals surface area contributed by atoms with Gasteiger partial charge < -0.3 is 113 Å². The highest BCUT2D eigenvalue weighted by atomic mass is 32.2. The molecule has 47 heteroatoms. The number of hydrogen-bond donors (Lipinski definition) is 15. The molecule has 10 heterocycles. The molecule has 0 saturated carbocycles. The first-order chi connectivity index (χ1) is 70.6. The summed E-state index contributed by atoms with van der Waals surface area (Å²) in [5.41, 5.74) is 8.60. The van der Waals surface area contributed by atoms with Crippen molar-refractivity contribution in [2.75, 3.05) is 156 Å². The predicted octanol–water partition coefficient (Wildman–Crippen LogP) is 1.47. The number of benzene rings is 3. The van der Waals surface area contributed by atoms with E-state index in [0.29, 0.717) is 137 Å². The smallest absolute Gasteiger partial charge is 0.356 e. The van der Waals surface area contributed by atoms with Gasteiger partial charge in [-0.15, -0.1) is 14.2 Å². The molecular weight excluding hydrogens is 1960 g/mol. The second-order valence-corrected chi connectivity index (χ2v) is 36.3. The Labute approximate surface area is 863 Å². The number of fused-ring (bicyclic) bond motifs is 2. The van der Waals surface area contributed by atoms with Crippen molar-refractivity contribution < 1.29 is 81.8 Å². The summed E-state index contributed by atoms with van der Waals surface area (Å²) in [6, 6.07) is 40.9. The highest BCUT2D eigenvalue weighted by molar-refractivity contribution is 8.23. The zero-order chi connectivity index (χ0) is 105. The molecule has 13 rings (SSSR count). The third kappa shape index (κ3) is 38.2. The molecule has 5 aliphatic heterocycles. The summed E-state index contributed by atoms with van der Waals surface area (Å²) in [7, 11) is 2.76. The van der Waals surface area contributed by atoms with Crippen LogP contribution in [-0.2, 0) is 53.0 Å². The van der Waals surface area contributed by atoms with E-state index in [1.807, 2.05) is 49.4 Å². The first-order valence-electron chi connectivity index (χ1n) is 48.2. The van der Waals surface area contributed by atoms with Gasteiger partial charge in [-0.2, -0.15) is 0 Å². The van der Waals surface area contributed by atoms with Crippen molar-refractivity contribution in [3.8, 4) is 0 Å². The average Bonchev–Trinajstić information content (AvgIpc) is 1.39. The molecule has 4 bridgehead atoms. The van der Waals surface area contributed by atoms with Gasteiger partial charge in [0.2, 0.25) is 11.8 Å². The number of thioether (sulfide) groups is 2. The lowest BCUT2D eigenvalue weighted by Gasteiger charge is -2.19. The molecule has 43 nitrogen and oxygen atoms in total. The van der Waals surface area contributed by atoms with Gasteiger partial charge in [-0.05, 0) is 188 Å². The Bertz CT molecular complexity index is 6000. The van der Waals surface area contributed by atoms with Crippen molar-refractivity contribution in [3.63, 3.8) is 0 Å². The van der Waals surface area contributed by atoms with E-state index in [-0.39, 0.29) is 121 Å². The van der Waals surface area contributed by atoms with Gasteiger partial charge in [0.25, 0.3) is 75.1 Å². The van der Waals surface area contributed by atoms with Crippen LogP contribution in [0.1, 0.15) is 189 Å². The van der Waals surface area contributed by atoms with Crippen molar-refractivity contribution in [1.82, 2.24) is 96.9 Å². The number of nitrogens with zero attached hydrogens (tertiary/aromatic N) is 7. The summed E-state index contributed by atoms with van der Waals surface area (Å²) in [4.78, 5) is 225. The van der Waals surface area contributed by atoms with E-state index in [2.05, 4.69) is 70.7 Å². The molecule has 5 aromatic heterocycles. The fraction of sp³-hybridized carbons (Fsp3) is 0.434. The quantitative estimate of drug-likeness (QED) is 0.0191. The monoisotopic (exact) mass is 2090 g/mol. The van der Waals surface area contributed by atoms with Gasteiger partial charge in [-0.25, -0.2) is 4.79 Å². The highest BCUT2D eigenvalue weighted by Crippen LogP contribution is 2.22. The van der Waals surface area contributed by atoms with Gasteiger partial charge in [0.15, 0.2) is 5.69 Å². The summed E-state index contributed by atoms with van der Waals surface area (Å²) in [5.74, 6) is -4.99. The van der Waals surface area contributed by atoms with Crippen molar-refractivity contribution >= 4 is 122 Å². The largest absolute Gasteiger partial charge is 0.476 e. The number of carboxylic acids is 1. The number of aromatic carboxylic acids is 1. The zero-order valence-electron chi connectivity index (χ0n) is 82.3. The maximum atomic E-state index is 13.6. The minimum Gasteiger partial charge on any atom is -0.476 e. The average molecular weight is 2100 g/mol. The van der Waals surface area contributed by atoms with Crippen LogP contribution in [0, 0.1) is 0 Å². The van der Waals surface area contributed by atoms with E-state index in [9.17, 15) is 76.7 Å². The number of nitrogens with one attached hydrogen (secondary N) is 12. The van der Waals surface area contributed by atoms with Gasteiger partial charge in [0, 0.05) is 110 Å². The molecule has 2 fully saturated rings. The van der Waals surface area contributed by atoms with Crippen LogP contribution in [0.5, 0.6) is 0 Å². The molecule has 0 radical (unpaired) electrons. The number of aromatic nitrogens is 5. The van der Waals surface area contributed by atoms with Gasteiger partial charge in [0.1, 0.15) is 73.5 Å². The summed E-state index contributed by atoms with van der Waals surface area (Å²) < 4.78 is 16.1. The molecule has 2 atom stereocenters. The first kappa shape index (κ1) is 118. The Balaban J connectivity index is 0.000000261. The van der Waals surface area contributed by atoms with Gasteiger partial charge in [0.05, 0.1) is 25.3 Å². The van der Waals surface area contributed by atoms with Crippen LogP contribution in [0.3, 0.4) is 0 Å². The summed E-state index contributed by atoms with van der Waals surface area (Å²) >= 11 is 13.1. The molecule has 17 N–H and O–H groups in total. The number of nitrogens with two attached hydrogens (primary N) is 2. The summed E-state index contributed by atoms with van der Waals surface area (Å²) in [5, 5.41) is 44.0. The maximum absolute atomic E-state index is 13.6. The van der Waals surface area contributed by atoms with Crippen LogP contribution < -0.4 is 118 Å². The number of thiocarbonyl (C=S) groups is 2. The van der Waals surface area contributed by atoms with Gasteiger partial charge >= 0.3 is 5.97 Å². The summed E-state index contributed by atoms with van der Waals surface area (Å²) in [6.07, 6.45) is 7.72. The van der Waals surface area contributed by atoms with E-state index < -0.39 is 87.1 Å². The van der Waals surface area contributed by atoms with Crippen LogP contribution in [0.4, 0.5) is 0 Å². The van der Waals surface area contributed by atoms with Crippen LogP contribution in [0.25, 0.3) is 0 Å². The zero-order valence-corrected chi connectivity index (χ0v) is 85.5. The van der Waals surface area contributed by atoms with E-state index in [1.54, 1.807) is 48.5 Å². The van der Waals surface area contributed by atoms with Gasteiger partial charge in [-0.3, -0.25) is 81.7 Å². The minimum absolute atomic E-state index is 0.00432. The van der Waals surface area contributed by atoms with E-state index in [1.165, 1.54) is 114 Å². The molecule has 0 aliphatic carbocycles. The number of pyridine rings is 5. The third-order valence-electron chi connectivity index (χ3n) is 22.0. The summed E-state index contributed by atoms with van der Waals surface area (Å²) in [6.45, 7) is 13.9. The number of amides is 10. The number of carbonyl (C=O) groups is 11. The molecule has 5 aliphatic rings. The number of ether oxygens (including phenoxy) is 2. The molecule has 2 unspecified atom stereocenters. The minimum atomic E-state index is -1.21. The third-order valence-corrected chi connectivity index (χ3v) is 24.9. The Morgan fingerprint density at radius 3 is 1.49 bits per heavy atom. The first-order valence-corrected chi connectivity index (χ1v) is 51.0. The Morgan fingerprint density at radius 2 is 0.938 bits per heavy atom. The normalized spacial score (nSPS) is 14.5. The molecule has 8 aromatic rings.